The van der Waals surface area contributed by atoms with Gasteiger partial charge in [-0.05, 0) is 0 Å². The van der Waals surface area contributed by atoms with Gasteiger partial charge in [0.25, 0.3) is 0 Å². The molecular formula is C15H14Ti+2. The third kappa shape index (κ3) is 2.58. The van der Waals surface area contributed by atoms with Crippen LogP contribution in [0.1, 0.15) is 22.3 Å². The number of hydrogen-bond donors (Lipinski definition) is 0. The van der Waals surface area contributed by atoms with E-state index in [1.165, 1.54) is 26.1 Å². The van der Waals surface area contributed by atoms with Crippen molar-refractivity contribution in [1.29, 1.82) is 0 Å². The Hall–Kier alpha value is -0.976. The summed E-state index contributed by atoms with van der Waals surface area (Å²) in [4.78, 5) is 0. The molecule has 76 valence electrons. The van der Waals surface area contributed by atoms with E-state index in [2.05, 4.69) is 82.4 Å². The molecular weight excluding hydrogens is 228 g/mol. The Kier molecular flexibility index (Phi) is 3.53. The summed E-state index contributed by atoms with van der Waals surface area (Å²) < 4.78 is 1.33. The summed E-state index contributed by atoms with van der Waals surface area (Å²) in [5, 5.41) is 0. The van der Waals surface area contributed by atoms with E-state index in [0.29, 0.717) is 0 Å². The van der Waals surface area contributed by atoms with Crippen LogP contribution in [-0.2, 0) is 20.0 Å². The van der Waals surface area contributed by atoms with Crippen LogP contribution >= 0.6 is 0 Å². The molecule has 2 aromatic rings. The predicted molar refractivity (Wildman–Crippen MR) is 65.6 cm³/mol. The first-order valence-corrected chi connectivity index (χ1v) is 6.17. The summed E-state index contributed by atoms with van der Waals surface area (Å²) in [5.74, 6) is 0. The first kappa shape index (κ1) is 11.5. The molecule has 16 heavy (non-hydrogen) atoms. The molecule has 0 fully saturated rings. The monoisotopic (exact) mass is 242 g/mol. The van der Waals surface area contributed by atoms with E-state index >= 15 is 0 Å². The molecule has 0 atom stereocenters. The SMILES string of the molecule is Cc1ccc([C](=[Ti+2])c2ccc(C)cc2)cc1. The fourth-order valence-corrected chi connectivity index (χ4v) is 2.13. The minimum atomic E-state index is 1.30. The normalized spacial score (nSPS) is 10.2. The molecule has 0 heterocycles. The van der Waals surface area contributed by atoms with Crippen LogP contribution in [0.15, 0.2) is 48.5 Å². The molecule has 0 unspecified atom stereocenters. The van der Waals surface area contributed by atoms with E-state index in [-0.39, 0.29) is 0 Å². The van der Waals surface area contributed by atoms with Crippen molar-refractivity contribution in [3.8, 4) is 0 Å². The molecule has 0 aliphatic heterocycles. The molecule has 0 saturated carbocycles. The molecule has 0 saturated heterocycles. The van der Waals surface area contributed by atoms with Crippen LogP contribution in [0.2, 0.25) is 0 Å². The number of rotatable bonds is 2. The predicted octanol–water partition coefficient (Wildman–Crippen LogP) is 3.42. The van der Waals surface area contributed by atoms with E-state index in [1.807, 2.05) is 0 Å². The van der Waals surface area contributed by atoms with Crippen LogP contribution in [0.4, 0.5) is 0 Å². The van der Waals surface area contributed by atoms with Crippen molar-refractivity contribution in [3.05, 3.63) is 70.8 Å². The van der Waals surface area contributed by atoms with E-state index in [0.717, 1.165) is 0 Å². The molecule has 1 heteroatoms. The molecule has 0 amide bonds. The zero-order valence-electron chi connectivity index (χ0n) is 9.62. The van der Waals surface area contributed by atoms with E-state index in [4.69, 9.17) is 0 Å². The zero-order valence-corrected chi connectivity index (χ0v) is 11.2. The summed E-state index contributed by atoms with van der Waals surface area (Å²) in [6, 6.07) is 17.4. The Bertz CT molecular complexity index is 444. The second-order valence-electron chi connectivity index (χ2n) is 4.11. The number of aryl methyl sites for hydroxylation is 2. The van der Waals surface area contributed by atoms with Gasteiger partial charge < -0.3 is 0 Å². The van der Waals surface area contributed by atoms with Gasteiger partial charge in [0.05, 0.1) is 0 Å². The first-order chi connectivity index (χ1) is 7.66. The van der Waals surface area contributed by atoms with Crippen molar-refractivity contribution in [2.45, 2.75) is 13.8 Å². The molecule has 0 aromatic heterocycles. The quantitative estimate of drug-likeness (QED) is 0.708. The topological polar surface area (TPSA) is 0 Å². The van der Waals surface area contributed by atoms with Crippen molar-refractivity contribution in [2.24, 2.45) is 0 Å². The molecule has 0 bridgehead atoms. The van der Waals surface area contributed by atoms with Crippen LogP contribution in [-0.4, -0.2) is 3.81 Å². The Labute approximate surface area is 108 Å². The van der Waals surface area contributed by atoms with Gasteiger partial charge in [-0.25, -0.2) is 0 Å². The zero-order chi connectivity index (χ0) is 11.5. The van der Waals surface area contributed by atoms with Gasteiger partial charge in [0, 0.05) is 0 Å². The van der Waals surface area contributed by atoms with Crippen LogP contribution < -0.4 is 0 Å². The van der Waals surface area contributed by atoms with Crippen molar-refractivity contribution >= 4 is 3.81 Å². The number of hydrogen-bond acceptors (Lipinski definition) is 0. The van der Waals surface area contributed by atoms with Gasteiger partial charge in [-0.2, -0.15) is 0 Å². The number of benzene rings is 2. The van der Waals surface area contributed by atoms with Gasteiger partial charge in [-0.1, -0.05) is 0 Å². The molecule has 2 rings (SSSR count). The standard InChI is InChI=1S/C15H14.Ti/c1-12-3-7-14(8-4-12)11-15-9-5-13(2)6-10-15;/h3-10H,1-2H3;/q;+2. The molecule has 0 aliphatic carbocycles. The molecule has 0 radical (unpaired) electrons. The second kappa shape index (κ2) is 4.90. The Morgan fingerprint density at radius 3 is 1.31 bits per heavy atom. The fraction of sp³-hybridized carbons (Fsp3) is 0.133. The van der Waals surface area contributed by atoms with Crippen molar-refractivity contribution < 1.29 is 20.0 Å². The Morgan fingerprint density at radius 1 is 0.688 bits per heavy atom. The average Bonchev–Trinajstić information content (AvgIpc) is 2.30. The van der Waals surface area contributed by atoms with E-state index in [9.17, 15) is 0 Å². The third-order valence-electron chi connectivity index (χ3n) is 2.68. The van der Waals surface area contributed by atoms with Gasteiger partial charge in [0.2, 0.25) is 0 Å². The maximum absolute atomic E-state index is 2.19. The van der Waals surface area contributed by atoms with Crippen LogP contribution in [0.5, 0.6) is 0 Å². The average molecular weight is 242 g/mol. The van der Waals surface area contributed by atoms with Gasteiger partial charge in [-0.3, -0.25) is 0 Å². The Morgan fingerprint density at radius 2 is 1.00 bits per heavy atom. The van der Waals surface area contributed by atoms with E-state index < -0.39 is 0 Å². The second-order valence-corrected chi connectivity index (χ2v) is 4.89. The first-order valence-electron chi connectivity index (χ1n) is 5.39. The summed E-state index contributed by atoms with van der Waals surface area (Å²) in [7, 11) is 0. The maximum atomic E-state index is 2.19. The van der Waals surface area contributed by atoms with Crippen molar-refractivity contribution in [3.63, 3.8) is 0 Å². The van der Waals surface area contributed by atoms with Crippen molar-refractivity contribution in [2.75, 3.05) is 0 Å². The third-order valence-corrected chi connectivity index (χ3v) is 3.58. The van der Waals surface area contributed by atoms with Crippen molar-refractivity contribution in [1.82, 2.24) is 0 Å². The summed E-state index contributed by atoms with van der Waals surface area (Å²) in [6.45, 7) is 4.23. The molecule has 0 N–H and O–H groups in total. The molecule has 0 nitrogen and oxygen atoms in total. The Balaban J connectivity index is 2.32. The van der Waals surface area contributed by atoms with Gasteiger partial charge >= 0.3 is 108 Å². The van der Waals surface area contributed by atoms with Gasteiger partial charge in [-0.15, -0.1) is 0 Å². The molecule has 0 spiro atoms. The van der Waals surface area contributed by atoms with Gasteiger partial charge in [0.1, 0.15) is 0 Å². The van der Waals surface area contributed by atoms with E-state index in [1.54, 1.807) is 0 Å². The molecule has 0 aliphatic rings. The van der Waals surface area contributed by atoms with Crippen LogP contribution in [0, 0.1) is 13.8 Å². The summed E-state index contributed by atoms with van der Waals surface area (Å²) >= 11 is 2.18. The molecule has 2 aromatic carbocycles. The summed E-state index contributed by atoms with van der Waals surface area (Å²) in [6.07, 6.45) is 0. The minimum absolute atomic E-state index is 1.30. The fourth-order valence-electron chi connectivity index (χ4n) is 1.61. The van der Waals surface area contributed by atoms with Crippen LogP contribution in [0.3, 0.4) is 0 Å². The summed E-state index contributed by atoms with van der Waals surface area (Å²) in [5.41, 5.74) is 5.21. The van der Waals surface area contributed by atoms with Gasteiger partial charge in [0.15, 0.2) is 0 Å². The van der Waals surface area contributed by atoms with Crippen LogP contribution in [0.25, 0.3) is 0 Å².